The second kappa shape index (κ2) is 8.24. The number of hydrogen-bond donors (Lipinski definition) is 1. The van der Waals surface area contributed by atoms with Crippen molar-refractivity contribution >= 4 is 11.8 Å². The Hall–Kier alpha value is -1.11. The molecule has 2 unspecified atom stereocenters. The van der Waals surface area contributed by atoms with Crippen molar-refractivity contribution < 1.29 is 4.74 Å². The second-order valence-electron chi connectivity index (χ2n) is 5.15. The van der Waals surface area contributed by atoms with Gasteiger partial charge in [-0.05, 0) is 25.2 Å². The van der Waals surface area contributed by atoms with E-state index >= 15 is 0 Å². The maximum absolute atomic E-state index is 5.60. The van der Waals surface area contributed by atoms with E-state index in [-0.39, 0.29) is 0 Å². The number of thioether (sulfide) groups is 1. The molecule has 1 fully saturated rings. The third-order valence-corrected chi connectivity index (χ3v) is 5.01. The zero-order valence-corrected chi connectivity index (χ0v) is 12.9. The van der Waals surface area contributed by atoms with Crippen molar-refractivity contribution in [1.82, 2.24) is 5.32 Å². The monoisotopic (exact) mass is 289 g/mol. The summed E-state index contributed by atoms with van der Waals surface area (Å²) in [5.41, 5.74) is 1.19. The van der Waals surface area contributed by atoms with Crippen LogP contribution in [0.2, 0.25) is 0 Å². The lowest BCUT2D eigenvalue weighted by Gasteiger charge is -2.31. The molecule has 1 aliphatic carbocycles. The lowest BCUT2D eigenvalue weighted by molar-refractivity contribution is 0.355. The fraction of sp³-hybridized carbons (Fsp3) is 0.529. The maximum Gasteiger partial charge on any atom is 0.148 e. The van der Waals surface area contributed by atoms with Crippen LogP contribution in [0.3, 0.4) is 0 Å². The molecule has 0 aromatic heterocycles. The van der Waals surface area contributed by atoms with Crippen LogP contribution in [0.25, 0.3) is 0 Å². The second-order valence-corrected chi connectivity index (χ2v) is 6.22. The van der Waals surface area contributed by atoms with E-state index in [1.165, 1.54) is 31.2 Å². The molecule has 2 rings (SSSR count). The van der Waals surface area contributed by atoms with Gasteiger partial charge in [0, 0.05) is 23.4 Å². The molecule has 1 aromatic carbocycles. The summed E-state index contributed by atoms with van der Waals surface area (Å²) in [7, 11) is 0. The average molecular weight is 289 g/mol. The van der Waals surface area contributed by atoms with Crippen LogP contribution in [0.1, 0.15) is 31.2 Å². The van der Waals surface area contributed by atoms with Crippen LogP contribution in [-0.4, -0.2) is 24.2 Å². The minimum Gasteiger partial charge on any atom is -0.481 e. The SMILES string of the molecule is C#CCOc1ccccc1CNC1CCCCC1SC. The number of nitrogens with one attached hydrogen (secondary N) is 1. The van der Waals surface area contributed by atoms with Gasteiger partial charge in [-0.3, -0.25) is 0 Å². The highest BCUT2D eigenvalue weighted by Gasteiger charge is 2.23. The van der Waals surface area contributed by atoms with Gasteiger partial charge in [-0.15, -0.1) is 6.42 Å². The molecule has 2 atom stereocenters. The molecule has 1 aromatic rings. The quantitative estimate of drug-likeness (QED) is 0.810. The smallest absolute Gasteiger partial charge is 0.148 e. The van der Waals surface area contributed by atoms with Gasteiger partial charge >= 0.3 is 0 Å². The first kappa shape index (κ1) is 15.3. The molecule has 3 heteroatoms. The van der Waals surface area contributed by atoms with E-state index < -0.39 is 0 Å². The molecule has 1 aliphatic rings. The summed E-state index contributed by atoms with van der Waals surface area (Å²) < 4.78 is 5.60. The van der Waals surface area contributed by atoms with Crippen molar-refractivity contribution in [2.45, 2.75) is 43.5 Å². The van der Waals surface area contributed by atoms with Gasteiger partial charge in [0.2, 0.25) is 0 Å². The molecule has 1 N–H and O–H groups in total. The molecular formula is C17H23NOS. The first-order valence-corrected chi connectivity index (χ1v) is 8.54. The third kappa shape index (κ3) is 4.19. The molecule has 2 nitrogen and oxygen atoms in total. The summed E-state index contributed by atoms with van der Waals surface area (Å²) in [5, 5.41) is 4.44. The summed E-state index contributed by atoms with van der Waals surface area (Å²) in [6.07, 6.45) is 12.8. The highest BCUT2D eigenvalue weighted by Crippen LogP contribution is 2.28. The molecule has 0 saturated heterocycles. The predicted molar refractivity (Wildman–Crippen MR) is 87.2 cm³/mol. The van der Waals surface area contributed by atoms with Crippen LogP contribution in [0.15, 0.2) is 24.3 Å². The van der Waals surface area contributed by atoms with E-state index in [0.29, 0.717) is 12.6 Å². The largest absolute Gasteiger partial charge is 0.481 e. The van der Waals surface area contributed by atoms with Gasteiger partial charge in [-0.25, -0.2) is 0 Å². The van der Waals surface area contributed by atoms with E-state index in [1.807, 2.05) is 30.0 Å². The highest BCUT2D eigenvalue weighted by atomic mass is 32.2. The average Bonchev–Trinajstić information content (AvgIpc) is 2.52. The van der Waals surface area contributed by atoms with Gasteiger partial charge in [0.05, 0.1) is 0 Å². The van der Waals surface area contributed by atoms with Crippen LogP contribution in [0.4, 0.5) is 0 Å². The summed E-state index contributed by atoms with van der Waals surface area (Å²) in [5.74, 6) is 3.42. The minimum absolute atomic E-state index is 0.327. The van der Waals surface area contributed by atoms with E-state index in [4.69, 9.17) is 11.2 Å². The highest BCUT2D eigenvalue weighted by molar-refractivity contribution is 7.99. The lowest BCUT2D eigenvalue weighted by Crippen LogP contribution is -2.40. The van der Waals surface area contributed by atoms with E-state index in [2.05, 4.69) is 23.6 Å². The Morgan fingerprint density at radius 2 is 2.15 bits per heavy atom. The zero-order valence-electron chi connectivity index (χ0n) is 12.1. The zero-order chi connectivity index (χ0) is 14.2. The molecule has 0 bridgehead atoms. The summed E-state index contributed by atoms with van der Waals surface area (Å²) in [4.78, 5) is 0. The fourth-order valence-corrected chi connectivity index (χ4v) is 3.73. The molecule has 0 spiro atoms. The topological polar surface area (TPSA) is 21.3 Å². The maximum atomic E-state index is 5.60. The van der Waals surface area contributed by atoms with Crippen molar-refractivity contribution in [2.24, 2.45) is 0 Å². The molecule has 0 amide bonds. The van der Waals surface area contributed by atoms with E-state index in [0.717, 1.165) is 17.5 Å². The van der Waals surface area contributed by atoms with Gasteiger partial charge < -0.3 is 10.1 Å². The first-order chi connectivity index (χ1) is 9.85. The fourth-order valence-electron chi connectivity index (χ4n) is 2.76. The molecule has 20 heavy (non-hydrogen) atoms. The Balaban J connectivity index is 1.94. The summed E-state index contributed by atoms with van der Waals surface area (Å²) in [6, 6.07) is 8.74. The lowest BCUT2D eigenvalue weighted by atomic mass is 9.94. The van der Waals surface area contributed by atoms with Crippen molar-refractivity contribution in [3.05, 3.63) is 29.8 Å². The van der Waals surface area contributed by atoms with E-state index in [9.17, 15) is 0 Å². The predicted octanol–water partition coefficient (Wildman–Crippen LogP) is 3.46. The minimum atomic E-state index is 0.327. The summed E-state index contributed by atoms with van der Waals surface area (Å²) >= 11 is 1.99. The van der Waals surface area contributed by atoms with Crippen LogP contribution in [0.5, 0.6) is 5.75 Å². The molecular weight excluding hydrogens is 266 g/mol. The third-order valence-electron chi connectivity index (χ3n) is 3.84. The van der Waals surface area contributed by atoms with Gasteiger partial charge in [0.25, 0.3) is 0 Å². The Kier molecular flexibility index (Phi) is 6.29. The number of hydrogen-bond acceptors (Lipinski definition) is 3. The van der Waals surface area contributed by atoms with Crippen molar-refractivity contribution in [2.75, 3.05) is 12.9 Å². The van der Waals surface area contributed by atoms with Crippen LogP contribution >= 0.6 is 11.8 Å². The molecule has 0 aliphatic heterocycles. The Morgan fingerprint density at radius 3 is 2.95 bits per heavy atom. The number of terminal acetylenes is 1. The van der Waals surface area contributed by atoms with Crippen LogP contribution in [-0.2, 0) is 6.54 Å². The van der Waals surface area contributed by atoms with Crippen molar-refractivity contribution in [3.8, 4) is 18.1 Å². The molecule has 0 heterocycles. The normalized spacial score (nSPS) is 22.2. The molecule has 1 saturated carbocycles. The number of benzene rings is 1. The van der Waals surface area contributed by atoms with Crippen molar-refractivity contribution in [1.29, 1.82) is 0 Å². The summed E-state index contributed by atoms with van der Waals surface area (Å²) in [6.45, 7) is 1.18. The first-order valence-electron chi connectivity index (χ1n) is 7.25. The Labute approximate surface area is 126 Å². The molecule has 0 radical (unpaired) electrons. The number of rotatable bonds is 6. The standard InChI is InChI=1S/C17H23NOS/c1-3-12-19-16-10-6-4-8-14(16)13-18-15-9-5-7-11-17(15)20-2/h1,4,6,8,10,15,17-18H,5,7,9,11-13H2,2H3. The van der Waals surface area contributed by atoms with Gasteiger partial charge in [-0.2, -0.15) is 11.8 Å². The van der Waals surface area contributed by atoms with Crippen LogP contribution in [0, 0.1) is 12.3 Å². The van der Waals surface area contributed by atoms with E-state index in [1.54, 1.807) is 0 Å². The van der Waals surface area contributed by atoms with Gasteiger partial charge in [0.1, 0.15) is 12.4 Å². The Bertz CT molecular complexity index is 455. The van der Waals surface area contributed by atoms with Gasteiger partial charge in [-0.1, -0.05) is 37.0 Å². The van der Waals surface area contributed by atoms with Gasteiger partial charge in [0.15, 0.2) is 0 Å². The Morgan fingerprint density at radius 1 is 1.35 bits per heavy atom. The van der Waals surface area contributed by atoms with Crippen LogP contribution < -0.4 is 10.1 Å². The van der Waals surface area contributed by atoms with Crippen molar-refractivity contribution in [3.63, 3.8) is 0 Å². The number of ether oxygens (including phenoxy) is 1. The molecule has 108 valence electrons. The number of para-hydroxylation sites is 1.